The quantitative estimate of drug-likeness (QED) is 0.791. The van der Waals surface area contributed by atoms with E-state index in [1.807, 2.05) is 13.0 Å². The molecule has 0 saturated heterocycles. The molecule has 1 heterocycles. The highest BCUT2D eigenvalue weighted by molar-refractivity contribution is 14.1. The molecule has 0 bridgehead atoms. The third-order valence-electron chi connectivity index (χ3n) is 2.12. The van der Waals surface area contributed by atoms with E-state index in [9.17, 15) is 0 Å². The number of aromatic nitrogens is 2. The number of hydrogen-bond acceptors (Lipinski definition) is 4. The van der Waals surface area contributed by atoms with Crippen LogP contribution in [0.5, 0.6) is 11.8 Å². The van der Waals surface area contributed by atoms with Crippen molar-refractivity contribution in [3.8, 4) is 17.8 Å². The summed E-state index contributed by atoms with van der Waals surface area (Å²) in [7, 11) is 0. The lowest BCUT2D eigenvalue weighted by molar-refractivity contribution is 0.438. The van der Waals surface area contributed by atoms with E-state index >= 15 is 0 Å². The fourth-order valence-electron chi connectivity index (χ4n) is 1.23. The van der Waals surface area contributed by atoms with Crippen molar-refractivity contribution in [1.29, 1.82) is 5.26 Å². The van der Waals surface area contributed by atoms with Crippen LogP contribution in [0.15, 0.2) is 30.6 Å². The van der Waals surface area contributed by atoms with E-state index in [0.717, 1.165) is 9.13 Å². The summed E-state index contributed by atoms with van der Waals surface area (Å²) in [5.74, 6) is 0.602. The van der Waals surface area contributed by atoms with Crippen molar-refractivity contribution in [2.24, 2.45) is 0 Å². The fourth-order valence-corrected chi connectivity index (χ4v) is 1.51. The number of nitrogens with zero attached hydrogens (tertiary/aromatic N) is 3. The molecule has 0 N–H and O–H groups in total. The maximum atomic E-state index is 8.82. The molecule has 2 aromatic rings. The van der Waals surface area contributed by atoms with Gasteiger partial charge in [-0.15, -0.1) is 0 Å². The van der Waals surface area contributed by atoms with Crippen molar-refractivity contribution in [3.63, 3.8) is 0 Å². The van der Waals surface area contributed by atoms with Gasteiger partial charge in [0.1, 0.15) is 5.75 Å². The molecule has 5 heteroatoms. The first-order chi connectivity index (χ1) is 8.19. The van der Waals surface area contributed by atoms with Gasteiger partial charge < -0.3 is 4.74 Å². The molecule has 0 saturated carbocycles. The lowest BCUT2D eigenvalue weighted by Gasteiger charge is -2.06. The van der Waals surface area contributed by atoms with Crippen LogP contribution in [0.2, 0.25) is 0 Å². The van der Waals surface area contributed by atoms with Crippen molar-refractivity contribution in [2.45, 2.75) is 6.92 Å². The van der Waals surface area contributed by atoms with E-state index in [2.05, 4.69) is 38.6 Å². The van der Waals surface area contributed by atoms with Crippen LogP contribution in [-0.4, -0.2) is 9.97 Å². The summed E-state index contributed by atoms with van der Waals surface area (Å²) in [6.07, 6.45) is 3.35. The van der Waals surface area contributed by atoms with Crippen LogP contribution in [0, 0.1) is 21.8 Å². The van der Waals surface area contributed by atoms with E-state index < -0.39 is 0 Å². The third-order valence-corrected chi connectivity index (χ3v) is 2.67. The molecule has 0 fully saturated rings. The number of halogens is 1. The largest absolute Gasteiger partial charge is 0.424 e. The zero-order valence-electron chi connectivity index (χ0n) is 9.01. The molecule has 0 unspecified atom stereocenters. The van der Waals surface area contributed by atoms with E-state index in [4.69, 9.17) is 10.00 Å². The Morgan fingerprint density at radius 3 is 2.65 bits per heavy atom. The van der Waals surface area contributed by atoms with Gasteiger partial charge in [-0.3, -0.25) is 0 Å². The molecule has 0 atom stereocenters. The SMILES string of the molecule is Cc1ccc(C#N)cc1Oc1ncc(I)cn1. The second-order valence-electron chi connectivity index (χ2n) is 3.38. The van der Waals surface area contributed by atoms with Gasteiger partial charge in [-0.2, -0.15) is 5.26 Å². The molecule has 84 valence electrons. The number of nitriles is 1. The Bertz CT molecular complexity index is 575. The molecular formula is C12H8IN3O. The minimum absolute atomic E-state index is 0.281. The molecule has 0 spiro atoms. The van der Waals surface area contributed by atoms with Crippen molar-refractivity contribution in [3.05, 3.63) is 45.3 Å². The van der Waals surface area contributed by atoms with Crippen LogP contribution < -0.4 is 4.74 Å². The summed E-state index contributed by atoms with van der Waals surface area (Å²) in [4.78, 5) is 8.09. The zero-order chi connectivity index (χ0) is 12.3. The Labute approximate surface area is 112 Å². The van der Waals surface area contributed by atoms with Gasteiger partial charge in [0, 0.05) is 16.0 Å². The summed E-state index contributed by atoms with van der Waals surface area (Å²) >= 11 is 2.12. The van der Waals surface area contributed by atoms with Gasteiger partial charge >= 0.3 is 6.01 Å². The van der Waals surface area contributed by atoms with Gasteiger partial charge in [0.25, 0.3) is 0 Å². The lowest BCUT2D eigenvalue weighted by atomic mass is 10.1. The molecule has 0 amide bonds. The number of benzene rings is 1. The van der Waals surface area contributed by atoms with Crippen molar-refractivity contribution in [2.75, 3.05) is 0 Å². The molecule has 17 heavy (non-hydrogen) atoms. The van der Waals surface area contributed by atoms with E-state index in [1.54, 1.807) is 24.5 Å². The van der Waals surface area contributed by atoms with Crippen LogP contribution >= 0.6 is 22.6 Å². The van der Waals surface area contributed by atoms with Crippen LogP contribution in [-0.2, 0) is 0 Å². The van der Waals surface area contributed by atoms with Gasteiger partial charge in [-0.1, -0.05) is 6.07 Å². The first-order valence-electron chi connectivity index (χ1n) is 4.85. The monoisotopic (exact) mass is 337 g/mol. The predicted molar refractivity (Wildman–Crippen MR) is 70.7 cm³/mol. The number of hydrogen-bond donors (Lipinski definition) is 0. The highest BCUT2D eigenvalue weighted by atomic mass is 127. The average Bonchev–Trinajstić information content (AvgIpc) is 2.35. The number of rotatable bonds is 2. The number of ether oxygens (including phenoxy) is 1. The third kappa shape index (κ3) is 2.91. The van der Waals surface area contributed by atoms with Crippen LogP contribution in [0.25, 0.3) is 0 Å². The molecule has 2 rings (SSSR count). The van der Waals surface area contributed by atoms with Crippen LogP contribution in [0.1, 0.15) is 11.1 Å². The topological polar surface area (TPSA) is 58.8 Å². The van der Waals surface area contributed by atoms with Crippen molar-refractivity contribution < 1.29 is 4.74 Å². The van der Waals surface area contributed by atoms with Gasteiger partial charge in [-0.05, 0) is 47.2 Å². The first-order valence-corrected chi connectivity index (χ1v) is 5.93. The number of aryl methyl sites for hydroxylation is 1. The van der Waals surface area contributed by atoms with Gasteiger partial charge in [0.05, 0.1) is 11.6 Å². The normalized spacial score (nSPS) is 9.71. The molecule has 0 aliphatic rings. The Hall–Kier alpha value is -1.68. The maximum absolute atomic E-state index is 8.82. The standard InChI is InChI=1S/C12H8IN3O/c1-8-2-3-9(5-14)4-11(8)17-12-15-6-10(13)7-16-12/h2-4,6-7H,1H3. The fraction of sp³-hybridized carbons (Fsp3) is 0.0833. The van der Waals surface area contributed by atoms with E-state index in [1.165, 1.54) is 0 Å². The van der Waals surface area contributed by atoms with E-state index in [0.29, 0.717) is 11.3 Å². The molecule has 1 aromatic carbocycles. The molecule has 4 nitrogen and oxygen atoms in total. The molecule has 1 aromatic heterocycles. The minimum Gasteiger partial charge on any atom is -0.424 e. The second kappa shape index (κ2) is 5.10. The second-order valence-corrected chi connectivity index (χ2v) is 4.62. The Morgan fingerprint density at radius 2 is 2.00 bits per heavy atom. The summed E-state index contributed by atoms with van der Waals surface area (Å²) in [6, 6.07) is 7.61. The molecule has 0 aliphatic heterocycles. The zero-order valence-corrected chi connectivity index (χ0v) is 11.2. The van der Waals surface area contributed by atoms with Crippen LogP contribution in [0.4, 0.5) is 0 Å². The summed E-state index contributed by atoms with van der Waals surface area (Å²) in [6.45, 7) is 1.91. The molecular weight excluding hydrogens is 329 g/mol. The molecule has 0 radical (unpaired) electrons. The summed E-state index contributed by atoms with van der Waals surface area (Å²) < 4.78 is 6.47. The average molecular weight is 337 g/mol. The van der Waals surface area contributed by atoms with Crippen LogP contribution in [0.3, 0.4) is 0 Å². The first kappa shape index (κ1) is 11.8. The Balaban J connectivity index is 2.29. The maximum Gasteiger partial charge on any atom is 0.321 e. The van der Waals surface area contributed by atoms with Crippen molar-refractivity contribution >= 4 is 22.6 Å². The van der Waals surface area contributed by atoms with Gasteiger partial charge in [0.15, 0.2) is 0 Å². The highest BCUT2D eigenvalue weighted by Gasteiger charge is 2.05. The van der Waals surface area contributed by atoms with E-state index in [-0.39, 0.29) is 6.01 Å². The van der Waals surface area contributed by atoms with Crippen molar-refractivity contribution in [1.82, 2.24) is 9.97 Å². The smallest absolute Gasteiger partial charge is 0.321 e. The predicted octanol–water partition coefficient (Wildman–Crippen LogP) is 3.05. The summed E-state index contributed by atoms with van der Waals surface area (Å²) in [5, 5.41) is 8.82. The summed E-state index contributed by atoms with van der Waals surface area (Å²) in [5.41, 5.74) is 1.49. The molecule has 0 aliphatic carbocycles. The minimum atomic E-state index is 0.281. The highest BCUT2D eigenvalue weighted by Crippen LogP contribution is 2.23. The van der Waals surface area contributed by atoms with Gasteiger partial charge in [-0.25, -0.2) is 9.97 Å². The Morgan fingerprint density at radius 1 is 1.29 bits per heavy atom. The Kier molecular flexibility index (Phi) is 3.54. The van der Waals surface area contributed by atoms with Gasteiger partial charge in [0.2, 0.25) is 0 Å². The lowest BCUT2D eigenvalue weighted by Crippen LogP contribution is -1.94.